The molecular weight excluding hydrogens is 352 g/mol. The number of nitrogens with zero attached hydrogens (tertiary/aromatic N) is 5. The highest BCUT2D eigenvalue weighted by molar-refractivity contribution is 9.10. The number of halogens is 1. The van der Waals surface area contributed by atoms with Crippen molar-refractivity contribution >= 4 is 27.7 Å². The third-order valence-corrected chi connectivity index (χ3v) is 5.22. The summed E-state index contributed by atoms with van der Waals surface area (Å²) < 4.78 is 5.21. The van der Waals surface area contributed by atoms with E-state index >= 15 is 0 Å². The molecule has 2 aromatic heterocycles. The molecule has 0 saturated heterocycles. The molecule has 0 aliphatic heterocycles. The lowest BCUT2D eigenvalue weighted by atomic mass is 10.4. The zero-order valence-corrected chi connectivity index (χ0v) is 15.0. The summed E-state index contributed by atoms with van der Waals surface area (Å²) in [7, 11) is 0. The lowest BCUT2D eigenvalue weighted by Crippen LogP contribution is -2.09. The predicted octanol–water partition coefficient (Wildman–Crippen LogP) is 2.73. The van der Waals surface area contributed by atoms with Crippen molar-refractivity contribution in [1.29, 1.82) is 0 Å². The second-order valence-electron chi connectivity index (χ2n) is 4.71. The zero-order chi connectivity index (χ0) is 15.4. The molecule has 0 aliphatic carbocycles. The fourth-order valence-corrected chi connectivity index (χ4v) is 3.78. The summed E-state index contributed by atoms with van der Waals surface area (Å²) in [5, 5.41) is 13.9. The highest BCUT2D eigenvalue weighted by Gasteiger charge is 2.15. The molecule has 0 atom stereocenters. The van der Waals surface area contributed by atoms with E-state index in [2.05, 4.69) is 49.6 Å². The van der Waals surface area contributed by atoms with Gasteiger partial charge in [-0.3, -0.25) is 4.68 Å². The summed E-state index contributed by atoms with van der Waals surface area (Å²) in [6, 6.07) is 0. The molecule has 2 aromatic rings. The van der Waals surface area contributed by atoms with Crippen LogP contribution in [0, 0.1) is 6.92 Å². The number of hydrogen-bond donors (Lipinski definition) is 1. The monoisotopic (exact) mass is 372 g/mol. The third kappa shape index (κ3) is 3.49. The SMILES string of the molecule is CCCn1c(CN)nnc1SCc1c(Br)c(C)nn1CC. The molecule has 2 N–H and O–H groups in total. The van der Waals surface area contributed by atoms with Crippen LogP contribution in [0.15, 0.2) is 9.63 Å². The van der Waals surface area contributed by atoms with Crippen LogP contribution in [-0.4, -0.2) is 24.5 Å². The van der Waals surface area contributed by atoms with E-state index in [0.717, 1.165) is 46.4 Å². The van der Waals surface area contributed by atoms with Crippen molar-refractivity contribution < 1.29 is 0 Å². The van der Waals surface area contributed by atoms with Crippen LogP contribution >= 0.6 is 27.7 Å². The molecule has 21 heavy (non-hydrogen) atoms. The molecule has 116 valence electrons. The Labute approximate surface area is 137 Å². The quantitative estimate of drug-likeness (QED) is 0.756. The van der Waals surface area contributed by atoms with Crippen LogP contribution in [0.2, 0.25) is 0 Å². The standard InChI is InChI=1S/C13H21BrN6S/c1-4-6-19-11(7-15)16-17-13(19)21-8-10-12(14)9(3)18-20(10)5-2/h4-8,15H2,1-3H3. The summed E-state index contributed by atoms with van der Waals surface area (Å²) in [5.41, 5.74) is 7.92. The molecule has 0 spiro atoms. The van der Waals surface area contributed by atoms with E-state index in [1.807, 2.05) is 11.6 Å². The van der Waals surface area contributed by atoms with Crippen LogP contribution in [0.4, 0.5) is 0 Å². The normalized spacial score (nSPS) is 11.3. The Hall–Kier alpha value is -0.860. The maximum absolute atomic E-state index is 5.72. The lowest BCUT2D eigenvalue weighted by Gasteiger charge is -2.08. The Balaban J connectivity index is 2.18. The molecule has 0 bridgehead atoms. The van der Waals surface area contributed by atoms with Crippen molar-refractivity contribution in [1.82, 2.24) is 24.5 Å². The lowest BCUT2D eigenvalue weighted by molar-refractivity contribution is 0.591. The van der Waals surface area contributed by atoms with Crippen molar-refractivity contribution in [2.45, 2.75) is 57.7 Å². The van der Waals surface area contributed by atoms with Gasteiger partial charge in [0.05, 0.1) is 22.4 Å². The molecule has 0 radical (unpaired) electrons. The summed E-state index contributed by atoms with van der Waals surface area (Å²) in [4.78, 5) is 0. The van der Waals surface area contributed by atoms with Crippen molar-refractivity contribution in [3.8, 4) is 0 Å². The number of aromatic nitrogens is 5. The van der Waals surface area contributed by atoms with Gasteiger partial charge in [-0.05, 0) is 36.2 Å². The van der Waals surface area contributed by atoms with Crippen LogP contribution in [0.25, 0.3) is 0 Å². The van der Waals surface area contributed by atoms with E-state index in [1.165, 1.54) is 5.69 Å². The van der Waals surface area contributed by atoms with E-state index in [9.17, 15) is 0 Å². The van der Waals surface area contributed by atoms with E-state index in [4.69, 9.17) is 5.73 Å². The van der Waals surface area contributed by atoms with E-state index in [0.29, 0.717) is 6.54 Å². The van der Waals surface area contributed by atoms with Gasteiger partial charge in [0.25, 0.3) is 0 Å². The van der Waals surface area contributed by atoms with Crippen molar-refractivity contribution in [2.75, 3.05) is 0 Å². The Morgan fingerprint density at radius 3 is 2.67 bits per heavy atom. The first-order chi connectivity index (χ1) is 10.1. The average Bonchev–Trinajstić information content (AvgIpc) is 2.99. The van der Waals surface area contributed by atoms with Gasteiger partial charge >= 0.3 is 0 Å². The first-order valence-electron chi connectivity index (χ1n) is 7.09. The zero-order valence-electron chi connectivity index (χ0n) is 12.6. The molecule has 8 heteroatoms. The number of hydrogen-bond acceptors (Lipinski definition) is 5. The number of rotatable bonds is 7. The molecule has 0 fully saturated rings. The van der Waals surface area contributed by atoms with Gasteiger partial charge < -0.3 is 10.3 Å². The Kier molecular flexibility index (Phi) is 5.83. The van der Waals surface area contributed by atoms with Crippen molar-refractivity contribution in [2.24, 2.45) is 5.73 Å². The van der Waals surface area contributed by atoms with Gasteiger partial charge in [-0.25, -0.2) is 0 Å². The number of aryl methyl sites for hydroxylation is 2. The number of nitrogens with two attached hydrogens (primary N) is 1. The molecule has 0 saturated carbocycles. The van der Waals surface area contributed by atoms with Crippen LogP contribution in [0.3, 0.4) is 0 Å². The highest BCUT2D eigenvalue weighted by atomic mass is 79.9. The summed E-state index contributed by atoms with van der Waals surface area (Å²) >= 11 is 5.30. The van der Waals surface area contributed by atoms with Crippen LogP contribution in [-0.2, 0) is 25.4 Å². The van der Waals surface area contributed by atoms with Gasteiger partial charge in [0.15, 0.2) is 5.16 Å². The maximum atomic E-state index is 5.72. The van der Waals surface area contributed by atoms with E-state index in [1.54, 1.807) is 11.8 Å². The minimum absolute atomic E-state index is 0.420. The van der Waals surface area contributed by atoms with Crippen molar-refractivity contribution in [3.63, 3.8) is 0 Å². The van der Waals surface area contributed by atoms with Crippen molar-refractivity contribution in [3.05, 3.63) is 21.7 Å². The minimum atomic E-state index is 0.420. The molecule has 6 nitrogen and oxygen atoms in total. The highest BCUT2D eigenvalue weighted by Crippen LogP contribution is 2.28. The predicted molar refractivity (Wildman–Crippen MR) is 88.1 cm³/mol. The number of thioether (sulfide) groups is 1. The van der Waals surface area contributed by atoms with Gasteiger partial charge in [0.2, 0.25) is 0 Å². The van der Waals surface area contributed by atoms with Gasteiger partial charge in [0.1, 0.15) is 5.82 Å². The fraction of sp³-hybridized carbons (Fsp3) is 0.615. The Morgan fingerprint density at radius 2 is 2.05 bits per heavy atom. The second kappa shape index (κ2) is 7.42. The van der Waals surface area contributed by atoms with E-state index in [-0.39, 0.29) is 0 Å². The summed E-state index contributed by atoms with van der Waals surface area (Å²) in [6.07, 6.45) is 1.04. The average molecular weight is 373 g/mol. The molecule has 2 rings (SSSR count). The first kappa shape index (κ1) is 16.5. The maximum Gasteiger partial charge on any atom is 0.191 e. The Morgan fingerprint density at radius 1 is 1.29 bits per heavy atom. The summed E-state index contributed by atoms with van der Waals surface area (Å²) in [6.45, 7) is 8.42. The largest absolute Gasteiger partial charge is 0.324 e. The molecule has 0 aliphatic rings. The molecular formula is C13H21BrN6S. The van der Waals surface area contributed by atoms with Gasteiger partial charge in [-0.15, -0.1) is 10.2 Å². The minimum Gasteiger partial charge on any atom is -0.324 e. The van der Waals surface area contributed by atoms with Gasteiger partial charge in [-0.1, -0.05) is 18.7 Å². The van der Waals surface area contributed by atoms with Gasteiger partial charge in [-0.2, -0.15) is 5.10 Å². The second-order valence-corrected chi connectivity index (χ2v) is 6.44. The van der Waals surface area contributed by atoms with Crippen LogP contribution < -0.4 is 5.73 Å². The van der Waals surface area contributed by atoms with E-state index < -0.39 is 0 Å². The Bertz CT molecular complexity index is 606. The molecule has 2 heterocycles. The van der Waals surface area contributed by atoms with Gasteiger partial charge in [0, 0.05) is 18.8 Å². The molecule has 0 unspecified atom stereocenters. The molecule has 0 aromatic carbocycles. The van der Waals surface area contributed by atoms with Crippen LogP contribution in [0.1, 0.15) is 37.5 Å². The third-order valence-electron chi connectivity index (χ3n) is 3.21. The molecule has 0 amide bonds. The fourth-order valence-electron chi connectivity index (χ4n) is 2.16. The smallest absolute Gasteiger partial charge is 0.191 e. The van der Waals surface area contributed by atoms with Crippen LogP contribution in [0.5, 0.6) is 0 Å². The summed E-state index contributed by atoms with van der Waals surface area (Å²) in [5.74, 6) is 1.65. The first-order valence-corrected chi connectivity index (χ1v) is 8.86. The topological polar surface area (TPSA) is 74.6 Å².